The number of carbonyl (C=O) groups excluding carboxylic acids is 2. The second-order valence-corrected chi connectivity index (χ2v) is 5.69. The molecule has 0 aromatic heterocycles. The fourth-order valence-electron chi connectivity index (χ4n) is 2.14. The lowest BCUT2D eigenvalue weighted by molar-refractivity contribution is -0.143. The number of benzene rings is 1. The third-order valence-corrected chi connectivity index (χ3v) is 4.27. The van der Waals surface area contributed by atoms with E-state index in [4.69, 9.17) is 0 Å². The Balaban J connectivity index is 2.12. The molecule has 7 heteroatoms. The summed E-state index contributed by atoms with van der Waals surface area (Å²) in [4.78, 5) is 36.5. The number of nitrogens with one attached hydrogen (secondary N) is 1. The summed E-state index contributed by atoms with van der Waals surface area (Å²) in [5.41, 5.74) is 0.498. The van der Waals surface area contributed by atoms with Crippen molar-refractivity contribution in [2.24, 2.45) is 0 Å². The molecular weight excluding hydrogens is 292 g/mol. The molecule has 2 amide bonds. The van der Waals surface area contributed by atoms with Crippen molar-refractivity contribution in [1.82, 2.24) is 10.2 Å². The van der Waals surface area contributed by atoms with E-state index in [0.29, 0.717) is 17.2 Å². The fraction of sp³-hybridized carbons (Fsp3) is 0.357. The van der Waals surface area contributed by atoms with E-state index < -0.39 is 24.0 Å². The highest BCUT2D eigenvalue weighted by molar-refractivity contribution is 7.99. The third-order valence-electron chi connectivity index (χ3n) is 3.26. The smallest absolute Gasteiger partial charge is 0.330 e. The normalized spacial score (nSPS) is 19.1. The summed E-state index contributed by atoms with van der Waals surface area (Å²) >= 11 is 1.48. The van der Waals surface area contributed by atoms with Crippen LogP contribution in [-0.2, 0) is 14.4 Å². The minimum Gasteiger partial charge on any atom is -0.479 e. The first-order valence-corrected chi connectivity index (χ1v) is 7.59. The van der Waals surface area contributed by atoms with Crippen LogP contribution in [0.25, 0.3) is 0 Å². The third kappa shape index (κ3) is 3.55. The van der Waals surface area contributed by atoms with Crippen LogP contribution in [0.1, 0.15) is 18.5 Å². The number of hydrogen-bond acceptors (Lipinski definition) is 4. The number of hydrogen-bond donors (Lipinski definition) is 2. The number of aliphatic carboxylic acids is 1. The van der Waals surface area contributed by atoms with Crippen LogP contribution in [0.2, 0.25) is 0 Å². The average molecular weight is 308 g/mol. The highest BCUT2D eigenvalue weighted by Gasteiger charge is 2.35. The van der Waals surface area contributed by atoms with Crippen LogP contribution in [0.4, 0.5) is 0 Å². The summed E-state index contributed by atoms with van der Waals surface area (Å²) in [6, 6.07) is 6.76. The lowest BCUT2D eigenvalue weighted by Gasteiger charge is -2.23. The Morgan fingerprint density at radius 2 is 2.00 bits per heavy atom. The number of carboxylic acids is 1. The van der Waals surface area contributed by atoms with E-state index in [1.54, 1.807) is 30.3 Å². The van der Waals surface area contributed by atoms with Crippen molar-refractivity contribution in [2.75, 3.05) is 11.6 Å². The van der Waals surface area contributed by atoms with Crippen molar-refractivity contribution in [1.29, 1.82) is 0 Å². The Morgan fingerprint density at radius 3 is 2.57 bits per heavy atom. The van der Waals surface area contributed by atoms with Gasteiger partial charge in [0, 0.05) is 12.7 Å². The molecule has 1 aromatic carbocycles. The Kier molecular flexibility index (Phi) is 4.85. The van der Waals surface area contributed by atoms with Crippen LogP contribution in [-0.4, -0.2) is 45.5 Å². The van der Waals surface area contributed by atoms with Crippen LogP contribution in [0, 0.1) is 0 Å². The van der Waals surface area contributed by atoms with Gasteiger partial charge in [0.1, 0.15) is 6.04 Å². The van der Waals surface area contributed by atoms with Gasteiger partial charge < -0.3 is 15.3 Å². The van der Waals surface area contributed by atoms with Crippen LogP contribution in [0.15, 0.2) is 30.3 Å². The number of nitrogens with zero attached hydrogens (tertiary/aromatic N) is 1. The summed E-state index contributed by atoms with van der Waals surface area (Å²) in [6.45, 7) is 1.40. The topological polar surface area (TPSA) is 86.7 Å². The second-order valence-electron chi connectivity index (χ2n) is 4.70. The predicted octanol–water partition coefficient (Wildman–Crippen LogP) is 0.850. The molecule has 2 N–H and O–H groups in total. The summed E-state index contributed by atoms with van der Waals surface area (Å²) in [6.07, 6.45) is 0. The Hall–Kier alpha value is -2.02. The Labute approximate surface area is 126 Å². The molecule has 0 aliphatic carbocycles. The Bertz CT molecular complexity index is 549. The van der Waals surface area contributed by atoms with Gasteiger partial charge in [0.15, 0.2) is 6.04 Å². The summed E-state index contributed by atoms with van der Waals surface area (Å²) in [5.74, 6) is -0.823. The number of rotatable bonds is 4. The summed E-state index contributed by atoms with van der Waals surface area (Å²) in [7, 11) is 0. The van der Waals surface area contributed by atoms with Gasteiger partial charge in [-0.3, -0.25) is 9.59 Å². The van der Waals surface area contributed by atoms with Crippen molar-refractivity contribution < 1.29 is 19.5 Å². The number of thioether (sulfide) groups is 1. The predicted molar refractivity (Wildman–Crippen MR) is 78.6 cm³/mol. The maximum absolute atomic E-state index is 12.3. The molecule has 1 heterocycles. The highest BCUT2D eigenvalue weighted by atomic mass is 32.2. The van der Waals surface area contributed by atoms with Crippen molar-refractivity contribution in [3.63, 3.8) is 0 Å². The number of carbonyl (C=O) groups is 3. The van der Waals surface area contributed by atoms with Crippen molar-refractivity contribution in [3.05, 3.63) is 35.9 Å². The lowest BCUT2D eigenvalue weighted by Crippen LogP contribution is -2.48. The number of carboxylic acid groups (broad SMARTS) is 1. The number of amides is 2. The molecule has 0 spiro atoms. The molecule has 0 saturated carbocycles. The van der Waals surface area contributed by atoms with Gasteiger partial charge in [-0.25, -0.2) is 4.79 Å². The molecule has 1 saturated heterocycles. The zero-order chi connectivity index (χ0) is 15.4. The van der Waals surface area contributed by atoms with Gasteiger partial charge in [0.25, 0.3) is 0 Å². The molecule has 1 aliphatic heterocycles. The molecule has 0 radical (unpaired) electrons. The van der Waals surface area contributed by atoms with Crippen molar-refractivity contribution in [2.45, 2.75) is 19.0 Å². The first-order valence-electron chi connectivity index (χ1n) is 6.43. The van der Waals surface area contributed by atoms with Crippen molar-refractivity contribution in [3.8, 4) is 0 Å². The maximum Gasteiger partial charge on any atom is 0.330 e. The zero-order valence-corrected chi connectivity index (χ0v) is 12.3. The van der Waals surface area contributed by atoms with Crippen LogP contribution in [0.5, 0.6) is 0 Å². The summed E-state index contributed by atoms with van der Waals surface area (Å²) in [5, 5.41) is 11.8. The van der Waals surface area contributed by atoms with E-state index in [9.17, 15) is 19.5 Å². The standard InChI is InChI=1S/C14H16N2O4S/c1-9(17)16-8-21-7-11(16)13(18)15-12(14(19)20)10-5-3-2-4-6-10/h2-6,11-12H,7-8H2,1H3,(H,15,18)(H,19,20)/t11-,12+/m1/s1. The summed E-state index contributed by atoms with van der Waals surface area (Å²) < 4.78 is 0. The van der Waals surface area contributed by atoms with Gasteiger partial charge >= 0.3 is 5.97 Å². The van der Waals surface area contributed by atoms with Gasteiger partial charge in [0.05, 0.1) is 5.88 Å². The zero-order valence-electron chi connectivity index (χ0n) is 11.5. The van der Waals surface area contributed by atoms with E-state index in [-0.39, 0.29) is 5.91 Å². The van der Waals surface area contributed by atoms with Gasteiger partial charge in [-0.1, -0.05) is 30.3 Å². The van der Waals surface area contributed by atoms with Crippen LogP contribution >= 0.6 is 11.8 Å². The van der Waals surface area contributed by atoms with Gasteiger partial charge in [-0.2, -0.15) is 0 Å². The van der Waals surface area contributed by atoms with E-state index in [1.165, 1.54) is 23.6 Å². The molecule has 1 fully saturated rings. The Morgan fingerprint density at radius 1 is 1.33 bits per heavy atom. The molecule has 21 heavy (non-hydrogen) atoms. The van der Waals surface area contributed by atoms with Gasteiger partial charge in [0.2, 0.25) is 11.8 Å². The van der Waals surface area contributed by atoms with E-state index in [1.807, 2.05) is 0 Å². The first kappa shape index (κ1) is 15.4. The molecular formula is C14H16N2O4S. The van der Waals surface area contributed by atoms with Crippen LogP contribution in [0.3, 0.4) is 0 Å². The molecule has 0 unspecified atom stereocenters. The quantitative estimate of drug-likeness (QED) is 0.861. The molecule has 112 valence electrons. The van der Waals surface area contributed by atoms with Crippen molar-refractivity contribution >= 4 is 29.5 Å². The molecule has 0 bridgehead atoms. The first-order chi connectivity index (χ1) is 10.0. The van der Waals surface area contributed by atoms with E-state index >= 15 is 0 Å². The molecule has 1 aromatic rings. The maximum atomic E-state index is 12.3. The minimum atomic E-state index is -1.13. The second kappa shape index (κ2) is 6.62. The lowest BCUT2D eigenvalue weighted by atomic mass is 10.1. The monoisotopic (exact) mass is 308 g/mol. The fourth-order valence-corrected chi connectivity index (χ4v) is 3.36. The highest BCUT2D eigenvalue weighted by Crippen LogP contribution is 2.22. The molecule has 2 atom stereocenters. The largest absolute Gasteiger partial charge is 0.479 e. The average Bonchev–Trinajstić information content (AvgIpc) is 2.94. The SMILES string of the molecule is CC(=O)N1CSC[C@@H]1C(=O)N[C@H](C(=O)O)c1ccccc1. The molecule has 1 aliphatic rings. The van der Waals surface area contributed by atoms with Gasteiger partial charge in [-0.05, 0) is 5.56 Å². The molecule has 2 rings (SSSR count). The minimum absolute atomic E-state index is 0.188. The van der Waals surface area contributed by atoms with E-state index in [2.05, 4.69) is 5.32 Å². The van der Waals surface area contributed by atoms with Crippen LogP contribution < -0.4 is 5.32 Å². The molecule has 6 nitrogen and oxygen atoms in total. The van der Waals surface area contributed by atoms with E-state index in [0.717, 1.165) is 0 Å². The van der Waals surface area contributed by atoms with Gasteiger partial charge in [-0.15, -0.1) is 11.8 Å².